The van der Waals surface area contributed by atoms with Crippen molar-refractivity contribution in [1.29, 1.82) is 0 Å². The van der Waals surface area contributed by atoms with Gasteiger partial charge < -0.3 is 15.0 Å². The molecule has 0 aliphatic carbocycles. The highest BCUT2D eigenvalue weighted by Crippen LogP contribution is 2.37. The molecule has 0 unspecified atom stereocenters. The Hall–Kier alpha value is -5.09. The summed E-state index contributed by atoms with van der Waals surface area (Å²) >= 11 is 6.22. The van der Waals surface area contributed by atoms with Crippen molar-refractivity contribution in [3.63, 3.8) is 0 Å². The number of likely N-dealkylation sites (tertiary alicyclic amines) is 1. The molecule has 5 aromatic rings. The fourth-order valence-corrected chi connectivity index (χ4v) is 6.23. The van der Waals surface area contributed by atoms with Gasteiger partial charge >= 0.3 is 12.8 Å². The molecule has 0 atom stereocenters. The Kier molecular flexibility index (Phi) is 10.8. The maximum Gasteiger partial charge on any atom is 0.390 e. The second-order valence-electron chi connectivity index (χ2n) is 11.9. The SMILES string of the molecule is O=C(Nc1cn(CC(=O)N2CCC(N(CCC(F)(F)F)Cc3ccccc3)CC2)nc1-c1cc(Cl)ccc1OC(F)F)c1cnn2cccnc12. The number of carbonyl (C=O) groups is 2. The Bertz CT molecular complexity index is 1980. The number of carbonyl (C=O) groups excluding carboxylic acids is 2. The maximum absolute atomic E-state index is 13.5. The quantitative estimate of drug-likeness (QED) is 0.145. The molecule has 1 saturated heterocycles. The Morgan fingerprint density at radius 3 is 2.57 bits per heavy atom. The van der Waals surface area contributed by atoms with Crippen molar-refractivity contribution in [2.75, 3.05) is 25.0 Å². The molecule has 17 heteroatoms. The molecule has 0 radical (unpaired) electrons. The summed E-state index contributed by atoms with van der Waals surface area (Å²) in [6, 6.07) is 14.7. The van der Waals surface area contributed by atoms with Crippen LogP contribution in [0.2, 0.25) is 5.02 Å². The van der Waals surface area contributed by atoms with Gasteiger partial charge in [0.05, 0.1) is 18.3 Å². The molecular formula is C34H32ClF5N8O3. The molecule has 4 heterocycles. The molecule has 1 aliphatic rings. The molecule has 1 fully saturated rings. The summed E-state index contributed by atoms with van der Waals surface area (Å²) in [6.07, 6.45) is 1.51. The molecule has 1 N–H and O–H groups in total. The Labute approximate surface area is 293 Å². The van der Waals surface area contributed by atoms with E-state index in [2.05, 4.69) is 20.5 Å². The molecule has 0 bridgehead atoms. The van der Waals surface area contributed by atoms with E-state index >= 15 is 0 Å². The molecule has 51 heavy (non-hydrogen) atoms. The number of alkyl halides is 5. The van der Waals surface area contributed by atoms with Gasteiger partial charge in [0.1, 0.15) is 23.6 Å². The molecule has 3 aromatic heterocycles. The molecule has 0 spiro atoms. The van der Waals surface area contributed by atoms with E-state index in [1.54, 1.807) is 17.2 Å². The number of ether oxygens (including phenoxy) is 1. The predicted molar refractivity (Wildman–Crippen MR) is 177 cm³/mol. The number of fused-ring (bicyclic) bond motifs is 1. The predicted octanol–water partition coefficient (Wildman–Crippen LogP) is 6.55. The number of aromatic nitrogens is 5. The zero-order valence-corrected chi connectivity index (χ0v) is 27.7. The minimum absolute atomic E-state index is 0.0126. The van der Waals surface area contributed by atoms with Gasteiger partial charge in [0.25, 0.3) is 5.91 Å². The van der Waals surface area contributed by atoms with Gasteiger partial charge in [-0.15, -0.1) is 0 Å². The summed E-state index contributed by atoms with van der Waals surface area (Å²) in [4.78, 5) is 34.6. The summed E-state index contributed by atoms with van der Waals surface area (Å²) < 4.78 is 73.6. The number of nitrogens with zero attached hydrogens (tertiary/aromatic N) is 7. The monoisotopic (exact) mass is 730 g/mol. The van der Waals surface area contributed by atoms with Gasteiger partial charge in [0, 0.05) is 61.4 Å². The normalized spacial score (nSPS) is 14.1. The average Bonchev–Trinajstić information content (AvgIpc) is 3.71. The van der Waals surface area contributed by atoms with E-state index in [9.17, 15) is 31.5 Å². The largest absolute Gasteiger partial charge is 0.434 e. The number of piperidine rings is 1. The third-order valence-electron chi connectivity index (χ3n) is 8.49. The Morgan fingerprint density at radius 2 is 1.84 bits per heavy atom. The molecule has 0 saturated carbocycles. The molecule has 11 nitrogen and oxygen atoms in total. The molecular weight excluding hydrogens is 699 g/mol. The topological polar surface area (TPSA) is 110 Å². The van der Waals surface area contributed by atoms with Crippen molar-refractivity contribution >= 4 is 34.7 Å². The number of hydrogen-bond acceptors (Lipinski definition) is 7. The minimum atomic E-state index is -4.30. The summed E-state index contributed by atoms with van der Waals surface area (Å²) in [5, 5.41) is 11.5. The zero-order chi connectivity index (χ0) is 36.1. The molecule has 2 amide bonds. The van der Waals surface area contributed by atoms with E-state index in [4.69, 9.17) is 16.3 Å². The number of benzene rings is 2. The van der Waals surface area contributed by atoms with Gasteiger partial charge in [-0.25, -0.2) is 9.50 Å². The van der Waals surface area contributed by atoms with Gasteiger partial charge in [-0.05, 0) is 42.7 Å². The van der Waals surface area contributed by atoms with Crippen LogP contribution in [0.15, 0.2) is 79.4 Å². The first-order valence-electron chi connectivity index (χ1n) is 16.0. The summed E-state index contributed by atoms with van der Waals surface area (Å²) in [6.45, 7) is -2.64. The maximum atomic E-state index is 13.5. The number of nitrogens with one attached hydrogen (secondary N) is 1. The lowest BCUT2D eigenvalue weighted by Gasteiger charge is -2.39. The summed E-state index contributed by atoms with van der Waals surface area (Å²) in [7, 11) is 0. The Morgan fingerprint density at radius 1 is 1.08 bits per heavy atom. The van der Waals surface area contributed by atoms with Crippen LogP contribution in [0.1, 0.15) is 35.2 Å². The van der Waals surface area contributed by atoms with Crippen LogP contribution in [0.4, 0.5) is 27.6 Å². The molecule has 6 rings (SSSR count). The fourth-order valence-electron chi connectivity index (χ4n) is 6.05. The van der Waals surface area contributed by atoms with E-state index in [-0.39, 0.29) is 64.0 Å². The van der Waals surface area contributed by atoms with Crippen molar-refractivity contribution < 1.29 is 36.3 Å². The van der Waals surface area contributed by atoms with Gasteiger partial charge in [0.2, 0.25) is 5.91 Å². The smallest absolute Gasteiger partial charge is 0.390 e. The van der Waals surface area contributed by atoms with Crippen molar-refractivity contribution in [3.05, 3.63) is 95.5 Å². The van der Waals surface area contributed by atoms with Crippen molar-refractivity contribution in [2.45, 2.75) is 51.2 Å². The van der Waals surface area contributed by atoms with Crippen LogP contribution in [0.5, 0.6) is 5.75 Å². The number of anilines is 1. The second kappa shape index (κ2) is 15.4. The van der Waals surface area contributed by atoms with E-state index in [1.165, 1.54) is 46.0 Å². The third kappa shape index (κ3) is 8.99. The van der Waals surface area contributed by atoms with Crippen molar-refractivity contribution in [2.24, 2.45) is 0 Å². The number of hydrogen-bond donors (Lipinski definition) is 1. The zero-order valence-electron chi connectivity index (χ0n) is 26.9. The van der Waals surface area contributed by atoms with Gasteiger partial charge in [0.15, 0.2) is 5.65 Å². The van der Waals surface area contributed by atoms with E-state index in [1.807, 2.05) is 35.2 Å². The van der Waals surface area contributed by atoms with Crippen LogP contribution in [-0.2, 0) is 17.9 Å². The highest BCUT2D eigenvalue weighted by molar-refractivity contribution is 6.31. The summed E-state index contributed by atoms with van der Waals surface area (Å²) in [5.74, 6) is -1.21. The van der Waals surface area contributed by atoms with E-state index in [0.717, 1.165) is 5.56 Å². The summed E-state index contributed by atoms with van der Waals surface area (Å²) in [5.41, 5.74) is 1.42. The van der Waals surface area contributed by atoms with Crippen LogP contribution in [0.25, 0.3) is 16.9 Å². The van der Waals surface area contributed by atoms with Crippen LogP contribution in [0.3, 0.4) is 0 Å². The number of halogens is 6. The van der Waals surface area contributed by atoms with Gasteiger partial charge in [-0.1, -0.05) is 41.9 Å². The van der Waals surface area contributed by atoms with Crippen LogP contribution < -0.4 is 10.1 Å². The first kappa shape index (κ1) is 35.7. The van der Waals surface area contributed by atoms with Crippen molar-refractivity contribution in [1.82, 2.24) is 34.2 Å². The standard InChI is InChI=1S/C34H32ClF5N8O3/c35-23-7-8-28(51-33(36)37)25(17-23)30-27(43-32(50)26-18-42-48-13-4-12-41-31(26)48)20-47(44-30)21-29(49)45-14-9-24(10-15-45)46(16-11-34(38,39)40)19-22-5-2-1-3-6-22/h1-8,12-13,17-18,20,24,33H,9-11,14-16,19,21H2,(H,43,50). The lowest BCUT2D eigenvalue weighted by Crippen LogP contribution is -2.48. The molecule has 2 aromatic carbocycles. The highest BCUT2D eigenvalue weighted by atomic mass is 35.5. The van der Waals surface area contributed by atoms with E-state index < -0.39 is 25.1 Å². The first-order chi connectivity index (χ1) is 24.4. The fraction of sp³-hybridized carbons (Fsp3) is 0.324. The van der Waals surface area contributed by atoms with Crippen LogP contribution >= 0.6 is 11.6 Å². The third-order valence-corrected chi connectivity index (χ3v) is 8.72. The number of rotatable bonds is 12. The minimum Gasteiger partial charge on any atom is -0.434 e. The van der Waals surface area contributed by atoms with Crippen LogP contribution in [-0.4, -0.2) is 84.5 Å². The van der Waals surface area contributed by atoms with Gasteiger partial charge in [-0.2, -0.15) is 32.1 Å². The average molecular weight is 731 g/mol. The highest BCUT2D eigenvalue weighted by Gasteiger charge is 2.32. The van der Waals surface area contributed by atoms with E-state index in [0.29, 0.717) is 32.5 Å². The van der Waals surface area contributed by atoms with Gasteiger partial charge in [-0.3, -0.25) is 19.2 Å². The molecule has 1 aliphatic heterocycles. The Balaban J connectivity index is 1.20. The van der Waals surface area contributed by atoms with Crippen LogP contribution in [0, 0.1) is 0 Å². The number of amides is 2. The lowest BCUT2D eigenvalue weighted by molar-refractivity contribution is -0.140. The molecule has 268 valence electrons. The van der Waals surface area contributed by atoms with Crippen molar-refractivity contribution in [3.8, 4) is 17.0 Å². The lowest BCUT2D eigenvalue weighted by atomic mass is 10.0. The first-order valence-corrected chi connectivity index (χ1v) is 16.4. The second-order valence-corrected chi connectivity index (χ2v) is 12.4.